The van der Waals surface area contributed by atoms with Gasteiger partial charge in [-0.1, -0.05) is 82.7 Å². The molecule has 48 heavy (non-hydrogen) atoms. The highest BCUT2D eigenvalue weighted by Gasteiger charge is 2.24. The lowest BCUT2D eigenvalue weighted by Gasteiger charge is -2.18. The number of carboxylic acids is 1. The second kappa shape index (κ2) is 15.8. The van der Waals surface area contributed by atoms with E-state index in [-0.39, 0.29) is 16.9 Å². The first kappa shape index (κ1) is 33.7. The van der Waals surface area contributed by atoms with Crippen molar-refractivity contribution >= 4 is 68.8 Å². The smallest absolute Gasteiger partial charge is 0.339 e. The highest BCUT2D eigenvalue weighted by atomic mass is 79.9. The Kier molecular flexibility index (Phi) is 11.1. The van der Waals surface area contributed by atoms with E-state index < -0.39 is 34.7 Å². The third-order valence-electron chi connectivity index (χ3n) is 6.87. The molecule has 11 heteroatoms. The summed E-state index contributed by atoms with van der Waals surface area (Å²) in [7, 11) is 0. The van der Waals surface area contributed by atoms with Crippen LogP contribution in [0.4, 0.5) is 11.4 Å². The zero-order valence-electron chi connectivity index (χ0n) is 25.1. The molecule has 1 unspecified atom stereocenters. The van der Waals surface area contributed by atoms with Crippen molar-refractivity contribution in [1.82, 2.24) is 5.32 Å². The monoisotopic (exact) mass is 721 g/mol. The maximum Gasteiger partial charge on any atom is 0.339 e. The van der Waals surface area contributed by atoms with Crippen LogP contribution in [0.25, 0.3) is 6.08 Å². The summed E-state index contributed by atoms with van der Waals surface area (Å²) in [6.07, 6.45) is 1.58. The van der Waals surface area contributed by atoms with E-state index in [1.165, 1.54) is 30.0 Å². The van der Waals surface area contributed by atoms with Gasteiger partial charge in [0, 0.05) is 26.3 Å². The number of benzene rings is 5. The maximum absolute atomic E-state index is 13.6. The number of rotatable bonds is 11. The van der Waals surface area contributed by atoms with E-state index in [0.29, 0.717) is 27.3 Å². The van der Waals surface area contributed by atoms with Gasteiger partial charge in [-0.05, 0) is 77.9 Å². The summed E-state index contributed by atoms with van der Waals surface area (Å²) < 4.78 is 0.805. The highest BCUT2D eigenvalue weighted by Crippen LogP contribution is 2.37. The number of amides is 3. The molecule has 0 heterocycles. The molecule has 1 atom stereocenters. The SMILES string of the molecule is O=C(Nc1cccc(SC(C(=O)Nc2ccc(O)c(C(=O)O)c2)c2ccccc2)c1)/C(=C\c1cccc(Br)c1)NC(=O)c1ccccc1. The average Bonchev–Trinajstić information content (AvgIpc) is 3.08. The molecule has 5 aromatic rings. The number of aromatic carboxylic acids is 1. The molecule has 0 aliphatic carbocycles. The van der Waals surface area contributed by atoms with Crippen molar-refractivity contribution < 1.29 is 29.4 Å². The Labute approximate surface area is 288 Å². The molecule has 0 spiro atoms. The lowest BCUT2D eigenvalue weighted by atomic mass is 10.1. The van der Waals surface area contributed by atoms with Crippen molar-refractivity contribution in [3.8, 4) is 5.75 Å². The summed E-state index contributed by atoms with van der Waals surface area (Å²) in [6.45, 7) is 0. The predicted molar refractivity (Wildman–Crippen MR) is 190 cm³/mol. The van der Waals surface area contributed by atoms with E-state index in [2.05, 4.69) is 31.9 Å². The Bertz CT molecular complexity index is 2000. The first-order chi connectivity index (χ1) is 23.2. The first-order valence-corrected chi connectivity index (χ1v) is 16.2. The molecular formula is C37H28BrN3O6S. The van der Waals surface area contributed by atoms with Crippen molar-refractivity contribution in [3.63, 3.8) is 0 Å². The minimum atomic E-state index is -1.33. The molecule has 9 nitrogen and oxygen atoms in total. The van der Waals surface area contributed by atoms with E-state index in [0.717, 1.165) is 4.47 Å². The van der Waals surface area contributed by atoms with Gasteiger partial charge in [0.25, 0.3) is 11.8 Å². The van der Waals surface area contributed by atoms with Crippen LogP contribution in [-0.4, -0.2) is 33.9 Å². The number of hydrogen-bond acceptors (Lipinski definition) is 6. The number of phenols is 1. The number of hydrogen-bond donors (Lipinski definition) is 5. The highest BCUT2D eigenvalue weighted by molar-refractivity contribution is 9.10. The molecule has 0 aliphatic heterocycles. The largest absolute Gasteiger partial charge is 0.507 e. The van der Waals surface area contributed by atoms with Gasteiger partial charge in [0.1, 0.15) is 22.3 Å². The molecule has 0 saturated heterocycles. The van der Waals surface area contributed by atoms with E-state index in [4.69, 9.17) is 0 Å². The lowest BCUT2D eigenvalue weighted by Crippen LogP contribution is -2.30. The van der Waals surface area contributed by atoms with Crippen molar-refractivity contribution in [1.29, 1.82) is 0 Å². The van der Waals surface area contributed by atoms with Crippen LogP contribution in [0.5, 0.6) is 5.75 Å². The Morgan fingerprint density at radius 2 is 1.42 bits per heavy atom. The molecule has 0 aromatic heterocycles. The second-order valence-corrected chi connectivity index (χ2v) is 12.4. The third kappa shape index (κ3) is 8.99. The topological polar surface area (TPSA) is 145 Å². The molecule has 5 rings (SSSR count). The van der Waals surface area contributed by atoms with Crippen LogP contribution >= 0.6 is 27.7 Å². The summed E-state index contributed by atoms with van der Waals surface area (Å²) in [5.74, 6) is -3.17. The third-order valence-corrected chi connectivity index (χ3v) is 8.61. The Morgan fingerprint density at radius 3 is 2.12 bits per heavy atom. The van der Waals surface area contributed by atoms with Crippen LogP contribution in [0.1, 0.15) is 37.1 Å². The summed E-state index contributed by atoms with van der Waals surface area (Å²) >= 11 is 4.66. The Balaban J connectivity index is 1.38. The van der Waals surface area contributed by atoms with Crippen LogP contribution < -0.4 is 16.0 Å². The van der Waals surface area contributed by atoms with Gasteiger partial charge in [0.05, 0.1) is 0 Å². The molecule has 0 aliphatic rings. The van der Waals surface area contributed by atoms with Gasteiger partial charge in [-0.15, -0.1) is 11.8 Å². The fourth-order valence-corrected chi connectivity index (χ4v) is 6.08. The number of thioether (sulfide) groups is 1. The predicted octanol–water partition coefficient (Wildman–Crippen LogP) is 7.73. The standard InChI is InChI=1S/C37H28BrN3O6S/c38-26-14-7-9-23(19-26)20-31(41-34(43)25-12-5-2-6-13-25)35(44)39-27-15-8-16-29(21-27)48-33(24-10-3-1-4-11-24)36(45)40-28-17-18-32(42)30(22-28)37(46)47/h1-22,33,42H,(H,39,44)(H,40,45)(H,41,43)(H,46,47)/b31-20+. The van der Waals surface area contributed by atoms with Gasteiger partial charge >= 0.3 is 5.97 Å². The van der Waals surface area contributed by atoms with Gasteiger partial charge in [-0.3, -0.25) is 14.4 Å². The fraction of sp³-hybridized carbons (Fsp3) is 0.0270. The van der Waals surface area contributed by atoms with Crippen LogP contribution in [0.3, 0.4) is 0 Å². The molecule has 5 N–H and O–H groups in total. The molecule has 3 amide bonds. The van der Waals surface area contributed by atoms with Gasteiger partial charge in [-0.25, -0.2) is 4.79 Å². The van der Waals surface area contributed by atoms with Crippen LogP contribution in [0, 0.1) is 0 Å². The van der Waals surface area contributed by atoms with E-state index in [1.54, 1.807) is 91.0 Å². The number of carbonyl (C=O) groups excluding carboxylic acids is 3. The Morgan fingerprint density at radius 1 is 0.729 bits per heavy atom. The van der Waals surface area contributed by atoms with Crippen LogP contribution in [0.15, 0.2) is 142 Å². The zero-order valence-corrected chi connectivity index (χ0v) is 27.5. The van der Waals surface area contributed by atoms with Crippen molar-refractivity contribution in [2.45, 2.75) is 10.1 Å². The summed E-state index contributed by atoms with van der Waals surface area (Å²) in [4.78, 5) is 52.4. The van der Waals surface area contributed by atoms with Gasteiger partial charge in [-0.2, -0.15) is 0 Å². The van der Waals surface area contributed by atoms with Crippen molar-refractivity contribution in [2.75, 3.05) is 10.6 Å². The molecule has 0 saturated carbocycles. The van der Waals surface area contributed by atoms with Crippen molar-refractivity contribution in [2.24, 2.45) is 0 Å². The quantitative estimate of drug-likeness (QED) is 0.0533. The Hall–Kier alpha value is -5.65. The van der Waals surface area contributed by atoms with Gasteiger partial charge in [0.2, 0.25) is 5.91 Å². The first-order valence-electron chi connectivity index (χ1n) is 14.5. The van der Waals surface area contributed by atoms with Gasteiger partial charge in [0.15, 0.2) is 0 Å². The summed E-state index contributed by atoms with van der Waals surface area (Å²) in [5, 5.41) is 26.8. The minimum absolute atomic E-state index is 0.0242. The van der Waals surface area contributed by atoms with E-state index >= 15 is 0 Å². The molecular weight excluding hydrogens is 694 g/mol. The molecule has 0 bridgehead atoms. The minimum Gasteiger partial charge on any atom is -0.507 e. The zero-order chi connectivity index (χ0) is 34.0. The molecule has 5 aromatic carbocycles. The molecule has 0 radical (unpaired) electrons. The molecule has 0 fully saturated rings. The summed E-state index contributed by atoms with van der Waals surface area (Å²) in [6, 6.07) is 35.6. The number of carbonyl (C=O) groups is 4. The van der Waals surface area contributed by atoms with Crippen LogP contribution in [-0.2, 0) is 9.59 Å². The average molecular weight is 723 g/mol. The maximum atomic E-state index is 13.6. The second-order valence-electron chi connectivity index (χ2n) is 10.4. The van der Waals surface area contributed by atoms with E-state index in [1.807, 2.05) is 24.3 Å². The number of nitrogens with one attached hydrogen (secondary N) is 3. The lowest BCUT2D eigenvalue weighted by molar-refractivity contribution is -0.116. The van der Waals surface area contributed by atoms with Crippen LogP contribution in [0.2, 0.25) is 0 Å². The normalized spacial score (nSPS) is 11.6. The van der Waals surface area contributed by atoms with Gasteiger partial charge < -0.3 is 26.2 Å². The fourth-order valence-electron chi connectivity index (χ4n) is 4.58. The number of aromatic hydroxyl groups is 1. The molecule has 240 valence electrons. The van der Waals surface area contributed by atoms with Crippen molar-refractivity contribution in [3.05, 3.63) is 160 Å². The van der Waals surface area contributed by atoms with E-state index in [9.17, 15) is 29.4 Å². The summed E-state index contributed by atoms with van der Waals surface area (Å²) in [5.41, 5.74) is 2.09. The number of anilines is 2. The number of carboxylic acid groups (broad SMARTS) is 1. The number of halogens is 1.